The number of aromatic nitrogens is 5. The van der Waals surface area contributed by atoms with Gasteiger partial charge in [-0.25, -0.2) is 0 Å². The highest BCUT2D eigenvalue weighted by molar-refractivity contribution is 5.91. The maximum Gasteiger partial charge on any atom is 0.366 e. The number of anilines is 2. The molecule has 4 aromatic heterocycles. The van der Waals surface area contributed by atoms with E-state index in [1.807, 2.05) is 69.8 Å². The molecule has 2 aliphatic rings. The minimum absolute atomic E-state index is 0. The molecule has 0 saturated heterocycles. The number of rotatable bonds is 6. The lowest BCUT2D eigenvalue weighted by molar-refractivity contribution is -0.497. The highest BCUT2D eigenvalue weighted by Crippen LogP contribution is 2.33. The highest BCUT2D eigenvalue weighted by atomic mass is 35.5. The summed E-state index contributed by atoms with van der Waals surface area (Å²) in [7, 11) is 0. The van der Waals surface area contributed by atoms with E-state index in [2.05, 4.69) is 68.5 Å². The van der Waals surface area contributed by atoms with Gasteiger partial charge in [0.15, 0.2) is 11.4 Å². The van der Waals surface area contributed by atoms with Crippen molar-refractivity contribution in [2.45, 2.75) is 90.1 Å². The Balaban J connectivity index is 0.000000209. The van der Waals surface area contributed by atoms with Crippen LogP contribution in [0.1, 0.15) is 87.6 Å². The summed E-state index contributed by atoms with van der Waals surface area (Å²) in [6, 6.07) is 35.6. The van der Waals surface area contributed by atoms with Crippen LogP contribution < -0.4 is 44.2 Å². The van der Waals surface area contributed by atoms with E-state index >= 15 is 0 Å². The molecule has 9 rings (SSSR count). The van der Waals surface area contributed by atoms with Gasteiger partial charge in [0, 0.05) is 36.4 Å². The van der Waals surface area contributed by atoms with Gasteiger partial charge < -0.3 is 30.1 Å². The topological polar surface area (TPSA) is 89.1 Å². The van der Waals surface area contributed by atoms with E-state index in [0.717, 1.165) is 50.7 Å². The number of nitrogens with one attached hydrogen (secondary N) is 2. The number of halogens is 3. The number of carbonyl (C=O) groups is 2. The van der Waals surface area contributed by atoms with Gasteiger partial charge in [0.1, 0.15) is 5.52 Å². The van der Waals surface area contributed by atoms with Crippen molar-refractivity contribution in [3.05, 3.63) is 116 Å². The second-order valence-corrected chi connectivity index (χ2v) is 14.7. The molecule has 3 aromatic carbocycles. The SMILES string of the molecule is CC(=O)n1c(-c2ccccc2)c(NC2CCCCC2)[n+]2c3ccccc3ccc12.CC(=O)n1c(-c2ccccc2)c(NC2CCCCC2)[n+]2cccnc12.Cl.[Cl-].[Cl-]. The van der Waals surface area contributed by atoms with E-state index in [1.54, 1.807) is 24.6 Å². The number of pyridine rings is 1. The van der Waals surface area contributed by atoms with Crippen LogP contribution in [0.15, 0.2) is 116 Å². The largest absolute Gasteiger partial charge is 1.00 e. The van der Waals surface area contributed by atoms with Crippen LogP contribution in [0.3, 0.4) is 0 Å². The number of benzene rings is 3. The van der Waals surface area contributed by atoms with Gasteiger partial charge in [0.05, 0.1) is 24.5 Å². The van der Waals surface area contributed by atoms with Crippen LogP contribution in [0, 0.1) is 0 Å². The number of hydrogen-bond donors (Lipinski definition) is 2. The number of hydrogen-bond acceptors (Lipinski definition) is 5. The molecule has 4 heterocycles. The monoisotopic (exact) mass is 825 g/mol. The Labute approximate surface area is 352 Å². The van der Waals surface area contributed by atoms with Crippen molar-refractivity contribution in [3.63, 3.8) is 0 Å². The predicted octanol–water partition coefficient (Wildman–Crippen LogP) is 3.58. The molecule has 0 atom stereocenters. The minimum atomic E-state index is -0.0354. The van der Waals surface area contributed by atoms with Crippen molar-refractivity contribution in [2.75, 3.05) is 10.6 Å². The normalized spacial score (nSPS) is 14.4. The first-order chi connectivity index (χ1) is 26.5. The van der Waals surface area contributed by atoms with Gasteiger partial charge >= 0.3 is 5.78 Å². The van der Waals surface area contributed by atoms with E-state index in [1.165, 1.54) is 64.2 Å². The molecule has 2 aliphatic carbocycles. The van der Waals surface area contributed by atoms with Gasteiger partial charge in [-0.05, 0) is 43.9 Å². The standard InChI is InChI=1S/C25H26N3O.C20H23N4O.3ClH/c1-18(29)27-23-17-16-19-10-8-9-15-22(19)28(23)25(26-21-13-6-3-7-14-21)24(27)20-11-4-2-5-12-20;1-15(25)24-18(16-9-4-2-5-10-16)19(22-17-11-6-3-7-12-17)23-14-8-13-21-20(23)24;;;/h2,4-5,8-12,15-17,21,26H,3,6-7,13-14H2,1H3;2,4-5,8-10,13-14,17,22H,3,6-7,11-12H2,1H3;3*1H/q2*+1;;;/p-2. The van der Waals surface area contributed by atoms with Gasteiger partial charge in [-0.1, -0.05) is 117 Å². The van der Waals surface area contributed by atoms with Gasteiger partial charge in [0.2, 0.25) is 11.5 Å². The summed E-state index contributed by atoms with van der Waals surface area (Å²) in [5.41, 5.74) is 5.90. The molecular formula is C45H50Cl3N7O2. The second kappa shape index (κ2) is 19.5. The molecule has 0 spiro atoms. The van der Waals surface area contributed by atoms with Crippen LogP contribution in [0.2, 0.25) is 0 Å². The fourth-order valence-electron chi connectivity index (χ4n) is 8.45. The Bertz CT molecular complexity index is 2440. The first kappa shape index (κ1) is 43.2. The lowest BCUT2D eigenvalue weighted by Gasteiger charge is -2.21. The van der Waals surface area contributed by atoms with Crippen molar-refractivity contribution in [1.82, 2.24) is 14.1 Å². The molecule has 57 heavy (non-hydrogen) atoms. The quantitative estimate of drug-likeness (QED) is 0.251. The molecule has 2 fully saturated rings. The van der Waals surface area contributed by atoms with Gasteiger partial charge in [-0.15, -0.1) is 17.4 Å². The molecule has 2 saturated carbocycles. The van der Waals surface area contributed by atoms with Gasteiger partial charge in [0.25, 0.3) is 17.6 Å². The number of para-hydroxylation sites is 1. The van der Waals surface area contributed by atoms with Crippen LogP contribution in [0.25, 0.3) is 44.8 Å². The molecular weight excluding hydrogens is 777 g/mol. The zero-order valence-corrected chi connectivity index (χ0v) is 34.7. The molecule has 0 amide bonds. The van der Waals surface area contributed by atoms with Crippen LogP contribution in [-0.4, -0.2) is 38.0 Å². The predicted molar refractivity (Wildman–Crippen MR) is 222 cm³/mol. The summed E-state index contributed by atoms with van der Waals surface area (Å²) in [6.45, 7) is 3.23. The van der Waals surface area contributed by atoms with E-state index in [9.17, 15) is 9.59 Å². The summed E-state index contributed by atoms with van der Waals surface area (Å²) >= 11 is 0. The molecule has 7 aromatic rings. The van der Waals surface area contributed by atoms with Gasteiger partial charge in [-0.2, -0.15) is 17.9 Å². The Morgan fingerprint density at radius 3 is 1.68 bits per heavy atom. The van der Waals surface area contributed by atoms with Crippen molar-refractivity contribution in [1.29, 1.82) is 0 Å². The molecule has 298 valence electrons. The third-order valence-electron chi connectivity index (χ3n) is 11.0. The maximum atomic E-state index is 12.8. The second-order valence-electron chi connectivity index (χ2n) is 14.7. The minimum Gasteiger partial charge on any atom is -1.00 e. The van der Waals surface area contributed by atoms with Crippen molar-refractivity contribution in [2.24, 2.45) is 0 Å². The Morgan fingerprint density at radius 1 is 0.614 bits per heavy atom. The smallest absolute Gasteiger partial charge is 0.366 e. The number of nitrogens with zero attached hydrogens (tertiary/aromatic N) is 5. The average molecular weight is 827 g/mol. The zero-order valence-electron chi connectivity index (χ0n) is 32.4. The first-order valence-corrected chi connectivity index (χ1v) is 19.5. The van der Waals surface area contributed by atoms with E-state index in [-0.39, 0.29) is 49.0 Å². The van der Waals surface area contributed by atoms with E-state index in [0.29, 0.717) is 17.9 Å². The lowest BCUT2D eigenvalue weighted by atomic mass is 9.95. The third-order valence-corrected chi connectivity index (χ3v) is 11.0. The molecule has 0 aliphatic heterocycles. The Hall–Kier alpha value is -4.96. The molecule has 12 heteroatoms. The highest BCUT2D eigenvalue weighted by Gasteiger charge is 2.32. The van der Waals surface area contributed by atoms with E-state index < -0.39 is 0 Å². The maximum absolute atomic E-state index is 12.8. The van der Waals surface area contributed by atoms with Crippen LogP contribution in [-0.2, 0) is 0 Å². The fraction of sp³-hybridized carbons (Fsp3) is 0.311. The summed E-state index contributed by atoms with van der Waals surface area (Å²) in [5, 5.41) is 8.73. The zero-order chi connectivity index (χ0) is 37.0. The molecule has 9 nitrogen and oxygen atoms in total. The van der Waals surface area contributed by atoms with Crippen LogP contribution in [0.5, 0.6) is 0 Å². The Kier molecular flexibility index (Phi) is 14.7. The fourth-order valence-corrected chi connectivity index (χ4v) is 8.45. The Morgan fingerprint density at radius 2 is 1.12 bits per heavy atom. The lowest BCUT2D eigenvalue weighted by Crippen LogP contribution is -3.00. The third kappa shape index (κ3) is 8.81. The van der Waals surface area contributed by atoms with Crippen LogP contribution in [0.4, 0.5) is 11.6 Å². The molecule has 0 unspecified atom stereocenters. The van der Waals surface area contributed by atoms with Gasteiger partial charge in [-0.3, -0.25) is 14.9 Å². The molecule has 0 bridgehead atoms. The van der Waals surface area contributed by atoms with E-state index in [4.69, 9.17) is 0 Å². The summed E-state index contributed by atoms with van der Waals surface area (Å²) < 4.78 is 7.79. The first-order valence-electron chi connectivity index (χ1n) is 19.5. The number of carbonyl (C=O) groups excluding carboxylic acids is 2. The number of imidazole rings is 2. The molecule has 0 radical (unpaired) electrons. The average Bonchev–Trinajstić information content (AvgIpc) is 3.73. The summed E-state index contributed by atoms with van der Waals surface area (Å²) in [6.07, 6.45) is 16.0. The van der Waals surface area contributed by atoms with Crippen molar-refractivity contribution < 1.29 is 43.2 Å². The van der Waals surface area contributed by atoms with Crippen molar-refractivity contribution >= 4 is 58.2 Å². The summed E-state index contributed by atoms with van der Waals surface area (Å²) in [4.78, 5) is 29.7. The van der Waals surface area contributed by atoms with Crippen molar-refractivity contribution in [3.8, 4) is 22.5 Å². The number of fused-ring (bicyclic) bond motifs is 4. The van der Waals surface area contributed by atoms with Crippen LogP contribution >= 0.6 is 12.4 Å². The molecule has 2 N–H and O–H groups in total. The summed E-state index contributed by atoms with van der Waals surface area (Å²) in [5.74, 6) is 2.61.